The lowest BCUT2D eigenvalue weighted by Crippen LogP contribution is -2.20. The van der Waals surface area contributed by atoms with E-state index in [2.05, 4.69) is 72.2 Å². The average Bonchev–Trinajstić information content (AvgIpc) is 2.31. The Balaban J connectivity index is 2.57. The third-order valence-corrected chi connectivity index (χ3v) is 4.98. The van der Waals surface area contributed by atoms with E-state index in [-0.39, 0.29) is 19.3 Å². The van der Waals surface area contributed by atoms with Crippen molar-refractivity contribution >= 4 is 89.7 Å². The molecule has 0 bridgehead atoms. The van der Waals surface area contributed by atoms with Crippen LogP contribution in [-0.4, -0.2) is 26.5 Å². The monoisotopic (exact) mass is 662 g/mol. The van der Waals surface area contributed by atoms with E-state index in [1.165, 1.54) is 0 Å². The summed E-state index contributed by atoms with van der Waals surface area (Å²) < 4.78 is 32.6. The van der Waals surface area contributed by atoms with Crippen molar-refractivity contribution in [2.24, 2.45) is 4.40 Å². The first-order chi connectivity index (χ1) is 10.1. The van der Waals surface area contributed by atoms with Gasteiger partial charge in [-0.25, -0.2) is 8.42 Å². The summed E-state index contributed by atoms with van der Waals surface area (Å²) in [5.41, 5.74) is 0. The van der Waals surface area contributed by atoms with Gasteiger partial charge in [-0.2, -0.15) is 4.40 Å². The van der Waals surface area contributed by atoms with Crippen LogP contribution in [0, 0.1) is 10.7 Å². The van der Waals surface area contributed by atoms with E-state index in [0.29, 0.717) is 5.75 Å². The minimum Gasteiger partial charge on any atom is -0.861 e. The fourth-order valence-corrected chi connectivity index (χ4v) is 5.67. The van der Waals surface area contributed by atoms with Crippen molar-refractivity contribution in [2.75, 3.05) is 6.26 Å². The van der Waals surface area contributed by atoms with Crippen molar-refractivity contribution < 1.29 is 23.1 Å². The molecule has 1 aromatic carbocycles. The van der Waals surface area contributed by atoms with Gasteiger partial charge in [-0.1, -0.05) is 0 Å². The van der Waals surface area contributed by atoms with Crippen LogP contribution >= 0.6 is 67.8 Å². The molecule has 0 aliphatic heterocycles. The Kier molecular flexibility index (Phi) is 8.29. The molecule has 0 aliphatic rings. The maximum Gasteiger partial charge on any atom is 0.311 e. The highest BCUT2D eigenvalue weighted by Gasteiger charge is 2.12. The summed E-state index contributed by atoms with van der Waals surface area (Å²) in [6.07, 6.45) is 0.945. The molecule has 6 nitrogen and oxygen atoms in total. The van der Waals surface area contributed by atoms with Crippen LogP contribution in [-0.2, 0) is 14.8 Å². The van der Waals surface area contributed by atoms with Gasteiger partial charge >= 0.3 is 5.97 Å². The highest BCUT2D eigenvalue weighted by atomic mass is 127. The summed E-state index contributed by atoms with van der Waals surface area (Å²) in [4.78, 5) is 11.8. The number of hydrogen-bond donors (Lipinski definition) is 0. The van der Waals surface area contributed by atoms with Gasteiger partial charge in [0, 0.05) is 9.99 Å². The molecule has 0 radical (unpaired) electrons. The van der Waals surface area contributed by atoms with Crippen molar-refractivity contribution in [2.45, 2.75) is 19.3 Å². The molecule has 122 valence electrons. The number of carbonyl (C=O) groups is 1. The summed E-state index contributed by atoms with van der Waals surface area (Å²) >= 11 is 6.35. The summed E-state index contributed by atoms with van der Waals surface area (Å²) in [6.45, 7) is 0. The van der Waals surface area contributed by atoms with E-state index in [9.17, 15) is 18.3 Å². The van der Waals surface area contributed by atoms with Gasteiger partial charge in [0.25, 0.3) is 0 Å². The SMILES string of the molecule is CS(=O)(=O)/N=C(\[O-])CCCC(=O)Oc1c(I)cc(I)cc1I. The van der Waals surface area contributed by atoms with Crippen molar-refractivity contribution in [3.63, 3.8) is 0 Å². The number of sulfonamides is 1. The largest absolute Gasteiger partial charge is 0.861 e. The van der Waals surface area contributed by atoms with Crippen LogP contribution in [0.1, 0.15) is 19.3 Å². The molecule has 22 heavy (non-hydrogen) atoms. The summed E-state index contributed by atoms with van der Waals surface area (Å²) in [5.74, 6) is -0.725. The van der Waals surface area contributed by atoms with E-state index in [1.807, 2.05) is 12.1 Å². The van der Waals surface area contributed by atoms with Crippen LogP contribution in [0.25, 0.3) is 0 Å². The van der Waals surface area contributed by atoms with Crippen LogP contribution in [0.15, 0.2) is 16.5 Å². The second-order valence-corrected chi connectivity index (χ2v) is 9.46. The van der Waals surface area contributed by atoms with Gasteiger partial charge in [-0.15, -0.1) is 0 Å². The van der Waals surface area contributed by atoms with Crippen LogP contribution in [0.5, 0.6) is 5.75 Å². The fourth-order valence-electron chi connectivity index (χ4n) is 1.41. The number of rotatable bonds is 6. The minimum absolute atomic E-state index is 0.0170. The third-order valence-electron chi connectivity index (χ3n) is 2.22. The third kappa shape index (κ3) is 7.72. The van der Waals surface area contributed by atoms with Gasteiger partial charge in [0.15, 0.2) is 5.75 Å². The van der Waals surface area contributed by atoms with Gasteiger partial charge in [0.1, 0.15) is 0 Å². The summed E-state index contributed by atoms with van der Waals surface area (Å²) in [6, 6.07) is 3.78. The number of ether oxygens (including phenoxy) is 1. The zero-order valence-electron chi connectivity index (χ0n) is 11.3. The molecule has 10 heteroatoms. The molecule has 0 unspecified atom stereocenters. The van der Waals surface area contributed by atoms with Crippen LogP contribution in [0.2, 0.25) is 0 Å². The standard InChI is InChI=1S/C12H12I3NO5S/c1-22(19,20)16-10(17)3-2-4-11(18)21-12-8(14)5-7(13)6-9(12)15/h5-6H,2-4H2,1H3,(H,16,17)/p-1. The van der Waals surface area contributed by atoms with E-state index in [4.69, 9.17) is 4.74 Å². The van der Waals surface area contributed by atoms with E-state index in [0.717, 1.165) is 17.0 Å². The maximum atomic E-state index is 11.8. The van der Waals surface area contributed by atoms with E-state index in [1.54, 1.807) is 0 Å². The first-order valence-electron chi connectivity index (χ1n) is 5.89. The smallest absolute Gasteiger partial charge is 0.311 e. The fraction of sp³-hybridized carbons (Fsp3) is 0.333. The van der Waals surface area contributed by atoms with Crippen molar-refractivity contribution in [1.82, 2.24) is 0 Å². The Morgan fingerprint density at radius 3 is 2.27 bits per heavy atom. The molecule has 0 atom stereocenters. The zero-order chi connectivity index (χ0) is 16.9. The van der Waals surface area contributed by atoms with Gasteiger partial charge in [-0.05, 0) is 98.6 Å². The quantitative estimate of drug-likeness (QED) is 0.153. The summed E-state index contributed by atoms with van der Waals surface area (Å²) in [5, 5.41) is 11.2. The number of hydrogen-bond acceptors (Lipinski definition) is 5. The molecule has 0 amide bonds. The predicted octanol–water partition coefficient (Wildman–Crippen LogP) is 2.29. The molecule has 0 saturated carbocycles. The lowest BCUT2D eigenvalue weighted by Gasteiger charge is -2.11. The highest BCUT2D eigenvalue weighted by molar-refractivity contribution is 14.1. The Hall–Kier alpha value is 0.300. The number of carbonyl (C=O) groups excluding carboxylic acids is 1. The first kappa shape index (κ1) is 20.3. The molecule has 0 saturated heterocycles. The van der Waals surface area contributed by atoms with Crippen molar-refractivity contribution in [3.8, 4) is 5.75 Å². The zero-order valence-corrected chi connectivity index (χ0v) is 18.6. The molecule has 0 fully saturated rings. The van der Waals surface area contributed by atoms with Gasteiger partial charge in [0.05, 0.1) is 13.4 Å². The highest BCUT2D eigenvalue weighted by Crippen LogP contribution is 2.29. The molecule has 0 spiro atoms. The normalized spacial score (nSPS) is 12.3. The number of nitrogens with zero attached hydrogens (tertiary/aromatic N) is 1. The Morgan fingerprint density at radius 1 is 1.23 bits per heavy atom. The molecule has 0 aliphatic carbocycles. The van der Waals surface area contributed by atoms with Crippen molar-refractivity contribution in [3.05, 3.63) is 22.8 Å². The minimum atomic E-state index is -3.68. The van der Waals surface area contributed by atoms with Gasteiger partial charge in [-0.3, -0.25) is 4.79 Å². The molecule has 1 rings (SSSR count). The predicted molar refractivity (Wildman–Crippen MR) is 106 cm³/mol. The Bertz CT molecular complexity index is 680. The number of halogens is 3. The lowest BCUT2D eigenvalue weighted by atomic mass is 10.2. The van der Waals surface area contributed by atoms with Gasteiger partial charge < -0.3 is 9.84 Å². The molecular formula is C12H11I3NO5S-. The van der Waals surface area contributed by atoms with E-state index < -0.39 is 21.9 Å². The molecule has 0 heterocycles. The van der Waals surface area contributed by atoms with E-state index >= 15 is 0 Å². The Labute approximate surface area is 169 Å². The molecule has 1 aromatic rings. The van der Waals surface area contributed by atoms with Crippen LogP contribution in [0.3, 0.4) is 0 Å². The van der Waals surface area contributed by atoms with Crippen molar-refractivity contribution in [1.29, 1.82) is 0 Å². The van der Waals surface area contributed by atoms with Crippen LogP contribution < -0.4 is 9.84 Å². The lowest BCUT2D eigenvalue weighted by molar-refractivity contribution is -0.218. The number of benzene rings is 1. The second-order valence-electron chi connectivity index (χ2n) is 4.24. The average molecular weight is 662 g/mol. The maximum absolute atomic E-state index is 11.8. The van der Waals surface area contributed by atoms with Gasteiger partial charge in [0.2, 0.25) is 10.0 Å². The Morgan fingerprint density at radius 2 is 1.77 bits per heavy atom. The number of esters is 1. The van der Waals surface area contributed by atoms with Crippen LogP contribution in [0.4, 0.5) is 0 Å². The summed E-state index contributed by atoms with van der Waals surface area (Å²) in [7, 11) is -3.68. The first-order valence-corrected chi connectivity index (χ1v) is 11.0. The molecular weight excluding hydrogens is 651 g/mol. The molecule has 0 N–H and O–H groups in total. The second kappa shape index (κ2) is 8.96. The topological polar surface area (TPSA) is 95.9 Å². The molecule has 0 aromatic heterocycles.